The summed E-state index contributed by atoms with van der Waals surface area (Å²) >= 11 is 0. The van der Waals surface area contributed by atoms with Gasteiger partial charge in [0, 0.05) is 31.7 Å². The van der Waals surface area contributed by atoms with Crippen LogP contribution in [0.1, 0.15) is 13.8 Å². The van der Waals surface area contributed by atoms with Gasteiger partial charge in [-0.05, 0) is 74.5 Å². The molecule has 1 unspecified atom stereocenters. The van der Waals surface area contributed by atoms with Gasteiger partial charge in [-0.3, -0.25) is 4.79 Å². The van der Waals surface area contributed by atoms with Gasteiger partial charge in [-0.1, -0.05) is 0 Å². The Morgan fingerprint density at radius 3 is 2.12 bits per heavy atom. The number of rotatable bonds is 8. The second kappa shape index (κ2) is 10.9. The van der Waals surface area contributed by atoms with E-state index in [1.807, 2.05) is 60.4 Å². The number of hydrogen-bond acceptors (Lipinski definition) is 7. The fraction of sp³-hybridized carbons (Fsp3) is 0.346. The number of hydrogen-bond donors (Lipinski definition) is 0. The second-order valence-corrected chi connectivity index (χ2v) is 7.98. The van der Waals surface area contributed by atoms with Crippen LogP contribution in [0.25, 0.3) is 11.3 Å². The van der Waals surface area contributed by atoms with E-state index in [1.54, 1.807) is 26.2 Å². The molecule has 0 aliphatic carbocycles. The third kappa shape index (κ3) is 5.57. The summed E-state index contributed by atoms with van der Waals surface area (Å²) in [6.45, 7) is 6.99. The van der Waals surface area contributed by atoms with Crippen molar-refractivity contribution >= 4 is 11.7 Å². The molecule has 0 bridgehead atoms. The van der Waals surface area contributed by atoms with Crippen molar-refractivity contribution in [3.8, 4) is 28.5 Å². The molecule has 34 heavy (non-hydrogen) atoms. The number of aromatic nitrogens is 2. The Labute approximate surface area is 200 Å². The Morgan fingerprint density at radius 2 is 1.53 bits per heavy atom. The summed E-state index contributed by atoms with van der Waals surface area (Å²) in [5.41, 5.74) is 1.80. The first-order valence-corrected chi connectivity index (χ1v) is 11.5. The van der Waals surface area contributed by atoms with Crippen LogP contribution in [-0.2, 0) is 4.79 Å². The van der Waals surface area contributed by atoms with Gasteiger partial charge in [0.05, 0.1) is 19.4 Å². The Kier molecular flexibility index (Phi) is 7.47. The van der Waals surface area contributed by atoms with Crippen LogP contribution in [0.3, 0.4) is 0 Å². The lowest BCUT2D eigenvalue weighted by Gasteiger charge is -2.36. The largest absolute Gasteiger partial charge is 0.497 e. The van der Waals surface area contributed by atoms with Crippen LogP contribution in [0.2, 0.25) is 0 Å². The molecule has 0 spiro atoms. The van der Waals surface area contributed by atoms with Crippen LogP contribution in [0.4, 0.5) is 5.82 Å². The van der Waals surface area contributed by atoms with Crippen molar-refractivity contribution in [1.29, 1.82) is 0 Å². The molecule has 1 atom stereocenters. The molecule has 8 heteroatoms. The fourth-order valence-electron chi connectivity index (χ4n) is 3.86. The Morgan fingerprint density at radius 1 is 0.882 bits per heavy atom. The average Bonchev–Trinajstić information content (AvgIpc) is 2.89. The van der Waals surface area contributed by atoms with Crippen LogP contribution >= 0.6 is 0 Å². The third-order valence-electron chi connectivity index (χ3n) is 5.75. The highest BCUT2D eigenvalue weighted by molar-refractivity contribution is 5.81. The predicted octanol–water partition coefficient (Wildman–Crippen LogP) is 3.67. The lowest BCUT2D eigenvalue weighted by molar-refractivity contribution is -0.138. The minimum absolute atomic E-state index is 0.0209. The molecule has 1 fully saturated rings. The fourth-order valence-corrected chi connectivity index (χ4v) is 3.86. The number of nitrogens with zero attached hydrogens (tertiary/aromatic N) is 4. The summed E-state index contributed by atoms with van der Waals surface area (Å²) in [5.74, 6) is 3.02. The summed E-state index contributed by atoms with van der Waals surface area (Å²) in [6.07, 6.45) is -0.562. The minimum Gasteiger partial charge on any atom is -0.497 e. The molecule has 1 saturated heterocycles. The molecule has 2 aromatic carbocycles. The maximum absolute atomic E-state index is 12.9. The van der Waals surface area contributed by atoms with Gasteiger partial charge < -0.3 is 24.0 Å². The molecule has 8 nitrogen and oxygen atoms in total. The highest BCUT2D eigenvalue weighted by Crippen LogP contribution is 2.23. The van der Waals surface area contributed by atoms with Gasteiger partial charge in [0.1, 0.15) is 17.2 Å². The zero-order valence-electron chi connectivity index (χ0n) is 19.8. The van der Waals surface area contributed by atoms with E-state index in [0.29, 0.717) is 38.5 Å². The molecule has 1 aliphatic heterocycles. The molecule has 0 radical (unpaired) electrons. The topological polar surface area (TPSA) is 77.0 Å². The van der Waals surface area contributed by atoms with Crippen molar-refractivity contribution in [2.24, 2.45) is 0 Å². The standard InChI is InChI=1S/C26H30N4O4/c1-4-33-22-7-5-20(6-8-22)24-13-14-25(28-27-24)29-15-17-30(18-16-29)26(31)19(2)34-23-11-9-21(32-3)10-12-23/h5-14,19H,4,15-18H2,1-3H3. The monoisotopic (exact) mass is 462 g/mol. The van der Waals surface area contributed by atoms with E-state index in [2.05, 4.69) is 15.1 Å². The SMILES string of the molecule is CCOc1ccc(-c2ccc(N3CCN(C(=O)C(C)Oc4ccc(OC)cc4)CC3)nn2)cc1. The molecule has 1 aliphatic rings. The molecular weight excluding hydrogens is 432 g/mol. The van der Waals surface area contributed by atoms with E-state index >= 15 is 0 Å². The number of carbonyl (C=O) groups excluding carboxylic acids is 1. The van der Waals surface area contributed by atoms with Crippen LogP contribution < -0.4 is 19.1 Å². The second-order valence-electron chi connectivity index (χ2n) is 7.98. The highest BCUT2D eigenvalue weighted by atomic mass is 16.5. The van der Waals surface area contributed by atoms with Crippen molar-refractivity contribution in [3.05, 3.63) is 60.7 Å². The molecule has 1 amide bonds. The van der Waals surface area contributed by atoms with Crippen molar-refractivity contribution in [2.45, 2.75) is 20.0 Å². The number of amides is 1. The molecule has 1 aromatic heterocycles. The molecule has 4 rings (SSSR count). The minimum atomic E-state index is -0.562. The van der Waals surface area contributed by atoms with Gasteiger partial charge in [-0.15, -0.1) is 10.2 Å². The molecular formula is C26H30N4O4. The highest BCUT2D eigenvalue weighted by Gasteiger charge is 2.26. The van der Waals surface area contributed by atoms with Gasteiger partial charge in [-0.2, -0.15) is 0 Å². The number of piperazine rings is 1. The first kappa shape index (κ1) is 23.4. The van der Waals surface area contributed by atoms with Crippen LogP contribution in [-0.4, -0.2) is 67.0 Å². The normalized spacial score (nSPS) is 14.4. The van der Waals surface area contributed by atoms with Gasteiger partial charge in [0.2, 0.25) is 0 Å². The van der Waals surface area contributed by atoms with E-state index in [-0.39, 0.29) is 5.91 Å². The van der Waals surface area contributed by atoms with E-state index < -0.39 is 6.10 Å². The zero-order chi connectivity index (χ0) is 23.9. The molecule has 0 saturated carbocycles. The van der Waals surface area contributed by atoms with E-state index in [0.717, 1.165) is 28.6 Å². The maximum Gasteiger partial charge on any atom is 0.263 e. The first-order valence-electron chi connectivity index (χ1n) is 11.5. The molecule has 3 aromatic rings. The summed E-state index contributed by atoms with van der Waals surface area (Å²) < 4.78 is 16.5. The third-order valence-corrected chi connectivity index (χ3v) is 5.75. The van der Waals surface area contributed by atoms with E-state index in [9.17, 15) is 4.79 Å². The van der Waals surface area contributed by atoms with Crippen LogP contribution in [0, 0.1) is 0 Å². The summed E-state index contributed by atoms with van der Waals surface area (Å²) in [6, 6.07) is 19.0. The smallest absolute Gasteiger partial charge is 0.263 e. The quantitative estimate of drug-likeness (QED) is 0.506. The Balaban J connectivity index is 1.30. The van der Waals surface area contributed by atoms with E-state index in [1.165, 1.54) is 0 Å². The summed E-state index contributed by atoms with van der Waals surface area (Å²) in [7, 11) is 1.61. The number of methoxy groups -OCH3 is 1. The number of anilines is 1. The lowest BCUT2D eigenvalue weighted by atomic mass is 10.1. The van der Waals surface area contributed by atoms with Gasteiger partial charge >= 0.3 is 0 Å². The van der Waals surface area contributed by atoms with Crippen LogP contribution in [0.15, 0.2) is 60.7 Å². The summed E-state index contributed by atoms with van der Waals surface area (Å²) in [4.78, 5) is 16.8. The predicted molar refractivity (Wildman–Crippen MR) is 131 cm³/mol. The zero-order valence-corrected chi connectivity index (χ0v) is 19.8. The molecule has 178 valence electrons. The van der Waals surface area contributed by atoms with Gasteiger partial charge in [0.25, 0.3) is 5.91 Å². The van der Waals surface area contributed by atoms with Gasteiger partial charge in [0.15, 0.2) is 11.9 Å². The van der Waals surface area contributed by atoms with Crippen molar-refractivity contribution in [3.63, 3.8) is 0 Å². The Hall–Kier alpha value is -3.81. The number of benzene rings is 2. The molecule has 0 N–H and O–H groups in total. The van der Waals surface area contributed by atoms with Crippen molar-refractivity contribution in [2.75, 3.05) is 44.8 Å². The summed E-state index contributed by atoms with van der Waals surface area (Å²) in [5, 5.41) is 8.82. The maximum atomic E-state index is 12.9. The molecule has 2 heterocycles. The van der Waals surface area contributed by atoms with Crippen molar-refractivity contribution in [1.82, 2.24) is 15.1 Å². The Bertz CT molecular complexity index is 1060. The van der Waals surface area contributed by atoms with E-state index in [4.69, 9.17) is 14.2 Å². The van der Waals surface area contributed by atoms with Crippen LogP contribution in [0.5, 0.6) is 17.2 Å². The number of carbonyl (C=O) groups is 1. The average molecular weight is 463 g/mol. The number of ether oxygens (including phenoxy) is 3. The lowest BCUT2D eigenvalue weighted by Crippen LogP contribution is -2.52. The van der Waals surface area contributed by atoms with Gasteiger partial charge in [-0.25, -0.2) is 0 Å². The van der Waals surface area contributed by atoms with Crippen molar-refractivity contribution < 1.29 is 19.0 Å². The first-order chi connectivity index (χ1) is 16.6.